The van der Waals surface area contributed by atoms with Crippen LogP contribution in [0, 0.1) is 0 Å². The molecular formula is C48H53NO11Si. The Balaban J connectivity index is 1.25. The minimum atomic E-state index is -2.78. The molecule has 1 saturated heterocycles. The van der Waals surface area contributed by atoms with Gasteiger partial charge in [0.05, 0.1) is 13.2 Å². The zero-order chi connectivity index (χ0) is 43.5. The molecule has 320 valence electrons. The van der Waals surface area contributed by atoms with Crippen molar-refractivity contribution in [1.29, 1.82) is 0 Å². The van der Waals surface area contributed by atoms with E-state index in [1.807, 2.05) is 119 Å². The maximum Gasteiger partial charge on any atom is 0.508 e. The summed E-state index contributed by atoms with van der Waals surface area (Å²) in [5.74, 6) is -1.91. The fourth-order valence-electron chi connectivity index (χ4n) is 7.63. The number of carbonyl (C=O) groups excluding carboxylic acids is 4. The fraction of sp³-hybridized carbons (Fsp3) is 0.375. The number of esters is 1. The Bertz CT molecular complexity index is 2200. The largest absolute Gasteiger partial charge is 0.508 e. The van der Waals surface area contributed by atoms with Crippen molar-refractivity contribution in [2.24, 2.45) is 0 Å². The Kier molecular flexibility index (Phi) is 13.0. The second-order valence-corrected chi connectivity index (χ2v) is 21.8. The van der Waals surface area contributed by atoms with Crippen LogP contribution in [0.2, 0.25) is 18.1 Å². The number of para-hydroxylation sites is 1. The number of hydrogen-bond acceptors (Lipinski definition) is 11. The second kappa shape index (κ2) is 18.2. The van der Waals surface area contributed by atoms with E-state index in [1.165, 1.54) is 0 Å². The smallest absolute Gasteiger partial charge is 0.482 e. The Labute approximate surface area is 357 Å². The molecule has 7 rings (SSSR count). The van der Waals surface area contributed by atoms with E-state index in [9.17, 15) is 19.2 Å². The quantitative estimate of drug-likeness (QED) is 0.0688. The molecule has 0 bridgehead atoms. The van der Waals surface area contributed by atoms with Crippen LogP contribution in [0.5, 0.6) is 5.75 Å². The molecule has 2 heterocycles. The summed E-state index contributed by atoms with van der Waals surface area (Å²) in [6, 6.07) is 32.7. The summed E-state index contributed by atoms with van der Waals surface area (Å²) in [5.41, 5.74) is 5.39. The molecule has 1 aliphatic carbocycles. The van der Waals surface area contributed by atoms with E-state index >= 15 is 0 Å². The van der Waals surface area contributed by atoms with E-state index in [0.717, 1.165) is 32.7 Å². The van der Waals surface area contributed by atoms with Crippen molar-refractivity contribution >= 4 is 32.3 Å². The maximum absolute atomic E-state index is 14.2. The number of amides is 2. The van der Waals surface area contributed by atoms with Crippen LogP contribution in [-0.2, 0) is 49.1 Å². The van der Waals surface area contributed by atoms with Crippen LogP contribution in [0.3, 0.4) is 0 Å². The molecule has 13 heteroatoms. The molecule has 0 aromatic heterocycles. The van der Waals surface area contributed by atoms with Gasteiger partial charge < -0.3 is 32.8 Å². The molecule has 2 aliphatic heterocycles. The highest BCUT2D eigenvalue weighted by Crippen LogP contribution is 2.45. The highest BCUT2D eigenvalue weighted by molar-refractivity contribution is 6.74. The van der Waals surface area contributed by atoms with E-state index in [2.05, 4.69) is 0 Å². The molecule has 2 amide bonds. The van der Waals surface area contributed by atoms with Gasteiger partial charge in [0.15, 0.2) is 33.4 Å². The Morgan fingerprint density at radius 2 is 1.28 bits per heavy atom. The van der Waals surface area contributed by atoms with Crippen LogP contribution >= 0.6 is 0 Å². The highest BCUT2D eigenvalue weighted by atomic mass is 28.4. The third kappa shape index (κ3) is 9.35. The summed E-state index contributed by atoms with van der Waals surface area (Å²) in [7, 11) is -2.78. The average Bonchev–Trinajstić information content (AvgIpc) is 3.66. The summed E-state index contributed by atoms with van der Waals surface area (Å²) in [6.07, 6.45) is -6.54. The first kappa shape index (κ1) is 43.5. The highest BCUT2D eigenvalue weighted by Gasteiger charge is 2.59. The van der Waals surface area contributed by atoms with Crippen molar-refractivity contribution in [1.82, 2.24) is 4.90 Å². The standard InChI is InChI=1S/C48H53NO11Si/c1-30-31(2)45(52)49(44(30)51)41-43(59-47(53)56-27-38-36-24-16-14-22-34(36)35-23-15-17-25-37(35)38)42(58-40(50)29-55-33-20-12-9-13-21-33)39(28-54-26-32-18-10-8-11-19-32)57-46(41)60-61(6,7)48(3,4)5/h8-25,38-39,41-43,46H,26-29H2,1-7H3/t39-,41-,42-,43-,46+/m1/s1. The predicted octanol–water partition coefficient (Wildman–Crippen LogP) is 8.35. The maximum atomic E-state index is 14.2. The van der Waals surface area contributed by atoms with Gasteiger partial charge in [-0.3, -0.25) is 14.5 Å². The number of benzene rings is 4. The van der Waals surface area contributed by atoms with Crippen LogP contribution in [0.25, 0.3) is 11.1 Å². The first-order chi connectivity index (χ1) is 29.1. The van der Waals surface area contributed by atoms with E-state index in [0.29, 0.717) is 5.75 Å². The molecule has 3 aliphatic rings. The van der Waals surface area contributed by atoms with Crippen LogP contribution in [0.1, 0.15) is 57.2 Å². The van der Waals surface area contributed by atoms with Gasteiger partial charge in [0.25, 0.3) is 11.8 Å². The van der Waals surface area contributed by atoms with Crippen molar-refractivity contribution in [2.75, 3.05) is 19.8 Å². The van der Waals surface area contributed by atoms with Crippen LogP contribution in [0.15, 0.2) is 120 Å². The van der Waals surface area contributed by atoms with Gasteiger partial charge in [-0.1, -0.05) is 118 Å². The number of nitrogens with zero attached hydrogens (tertiary/aromatic N) is 1. The Hall–Kier alpha value is -5.60. The van der Waals surface area contributed by atoms with E-state index in [-0.39, 0.29) is 41.9 Å². The third-order valence-corrected chi connectivity index (χ3v) is 16.5. The molecule has 0 saturated carbocycles. The minimum absolute atomic E-state index is 0.0784. The average molecular weight is 848 g/mol. The number of imide groups is 1. The minimum Gasteiger partial charge on any atom is -0.482 e. The molecule has 0 N–H and O–H groups in total. The lowest BCUT2D eigenvalue weighted by Crippen LogP contribution is -2.69. The number of ether oxygens (including phenoxy) is 6. The van der Waals surface area contributed by atoms with Crippen molar-refractivity contribution in [2.45, 2.75) is 95.9 Å². The summed E-state index contributed by atoms with van der Waals surface area (Å²) in [4.78, 5) is 57.3. The first-order valence-corrected chi connectivity index (χ1v) is 23.4. The summed E-state index contributed by atoms with van der Waals surface area (Å²) in [5, 5.41) is -0.357. The SMILES string of the molecule is CC1=C(C)C(=O)N([C@H]2[C@H](O[Si](C)(C)C(C)(C)C)O[C@H](COCc3ccccc3)[C@@H](OC(=O)COc3ccccc3)[C@@H]2OC(=O)OCC2c3ccccc3-c3ccccc32)C1=O. The topological polar surface area (TPSA) is 136 Å². The van der Waals surface area contributed by atoms with Gasteiger partial charge >= 0.3 is 12.1 Å². The number of hydrogen-bond donors (Lipinski definition) is 0. The molecule has 0 spiro atoms. The lowest BCUT2D eigenvalue weighted by Gasteiger charge is -2.50. The fourth-order valence-corrected chi connectivity index (χ4v) is 8.76. The molecule has 0 radical (unpaired) electrons. The van der Waals surface area contributed by atoms with Crippen LogP contribution in [0.4, 0.5) is 4.79 Å². The van der Waals surface area contributed by atoms with Crippen molar-refractivity contribution in [3.05, 3.63) is 137 Å². The molecule has 5 atom stereocenters. The van der Waals surface area contributed by atoms with Gasteiger partial charge in [0.2, 0.25) is 0 Å². The van der Waals surface area contributed by atoms with Crippen molar-refractivity contribution in [3.63, 3.8) is 0 Å². The van der Waals surface area contributed by atoms with Crippen LogP contribution in [-0.4, -0.2) is 87.6 Å². The first-order valence-electron chi connectivity index (χ1n) is 20.5. The number of rotatable bonds is 14. The summed E-state index contributed by atoms with van der Waals surface area (Å²) >= 11 is 0. The van der Waals surface area contributed by atoms with Gasteiger partial charge in [-0.05, 0) is 71.9 Å². The zero-order valence-corrected chi connectivity index (χ0v) is 36.6. The van der Waals surface area contributed by atoms with E-state index in [1.54, 1.807) is 38.1 Å². The normalized spacial score (nSPS) is 21.6. The summed E-state index contributed by atoms with van der Waals surface area (Å²) in [6.45, 7) is 12.7. The lowest BCUT2D eigenvalue weighted by atomic mass is 9.95. The molecular weight excluding hydrogens is 795 g/mol. The third-order valence-electron chi connectivity index (χ3n) is 12.1. The van der Waals surface area contributed by atoms with Gasteiger partial charge in [-0.25, -0.2) is 9.59 Å². The Morgan fingerprint density at radius 3 is 1.87 bits per heavy atom. The lowest BCUT2D eigenvalue weighted by molar-refractivity contribution is -0.271. The van der Waals surface area contributed by atoms with Gasteiger partial charge in [0, 0.05) is 17.1 Å². The molecule has 4 aromatic rings. The van der Waals surface area contributed by atoms with E-state index < -0.39 is 69.5 Å². The van der Waals surface area contributed by atoms with Gasteiger partial charge in [-0.2, -0.15) is 0 Å². The molecule has 12 nitrogen and oxygen atoms in total. The zero-order valence-electron chi connectivity index (χ0n) is 35.6. The molecule has 0 unspecified atom stereocenters. The summed E-state index contributed by atoms with van der Waals surface area (Å²) < 4.78 is 44.0. The van der Waals surface area contributed by atoms with Crippen molar-refractivity contribution < 1.29 is 52.0 Å². The molecule has 1 fully saturated rings. The van der Waals surface area contributed by atoms with E-state index in [4.69, 9.17) is 32.8 Å². The van der Waals surface area contributed by atoms with Crippen LogP contribution < -0.4 is 4.74 Å². The number of carbonyl (C=O) groups is 4. The molecule has 4 aromatic carbocycles. The Morgan fingerprint density at radius 1 is 0.721 bits per heavy atom. The number of fused-ring (bicyclic) bond motifs is 3. The second-order valence-electron chi connectivity index (χ2n) is 17.1. The van der Waals surface area contributed by atoms with Gasteiger partial charge in [-0.15, -0.1) is 0 Å². The van der Waals surface area contributed by atoms with Gasteiger partial charge in [0.1, 0.15) is 24.5 Å². The molecule has 61 heavy (non-hydrogen) atoms. The predicted molar refractivity (Wildman–Crippen MR) is 229 cm³/mol. The van der Waals surface area contributed by atoms with Crippen molar-refractivity contribution in [3.8, 4) is 16.9 Å². The monoisotopic (exact) mass is 847 g/mol.